The zero-order valence-corrected chi connectivity index (χ0v) is 18.1. The van der Waals surface area contributed by atoms with E-state index in [2.05, 4.69) is 30.6 Å². The summed E-state index contributed by atoms with van der Waals surface area (Å²) in [6, 6.07) is 4.77. The molecule has 0 fully saturated rings. The lowest BCUT2D eigenvalue weighted by Gasteiger charge is -2.06. The zero-order valence-electron chi connectivity index (χ0n) is 18.1. The smallest absolute Gasteiger partial charge is 0.293 e. The highest BCUT2D eigenvalue weighted by Gasteiger charge is 2.18. The van der Waals surface area contributed by atoms with Crippen molar-refractivity contribution >= 4 is 29.1 Å². The van der Waals surface area contributed by atoms with Crippen LogP contribution in [0.25, 0.3) is 17.0 Å². The summed E-state index contributed by atoms with van der Waals surface area (Å²) in [5, 5.41) is 5.77. The van der Waals surface area contributed by atoms with E-state index in [1.54, 1.807) is 36.8 Å². The number of halogens is 1. The van der Waals surface area contributed by atoms with Crippen LogP contribution in [0.4, 0.5) is 15.8 Å². The Hall–Kier alpha value is -4.28. The number of hydrogen-bond acceptors (Lipinski definition) is 8. The Labute approximate surface area is 187 Å². The van der Waals surface area contributed by atoms with Crippen LogP contribution < -0.4 is 10.6 Å². The molecule has 1 amide bonds. The summed E-state index contributed by atoms with van der Waals surface area (Å²) in [6.45, 7) is 5.82. The second-order valence-electron chi connectivity index (χ2n) is 7.69. The number of nitrogens with zero attached hydrogens (tertiary/aromatic N) is 5. The van der Waals surface area contributed by atoms with Crippen molar-refractivity contribution in [2.24, 2.45) is 4.99 Å². The van der Waals surface area contributed by atoms with Crippen LogP contribution in [-0.4, -0.2) is 43.9 Å². The normalized spacial score (nSPS) is 15.4. The number of carbonyl (C=O) groups is 1. The summed E-state index contributed by atoms with van der Waals surface area (Å²) in [5.74, 6) is -0.0569. The van der Waals surface area contributed by atoms with E-state index in [-0.39, 0.29) is 17.4 Å². The second-order valence-corrected chi connectivity index (χ2v) is 7.69. The van der Waals surface area contributed by atoms with E-state index in [1.807, 2.05) is 6.92 Å². The third-order valence-corrected chi connectivity index (χ3v) is 4.97. The lowest BCUT2D eigenvalue weighted by atomic mass is 10.1. The maximum atomic E-state index is 14.6. The Morgan fingerprint density at radius 3 is 2.79 bits per heavy atom. The van der Waals surface area contributed by atoms with Gasteiger partial charge in [-0.3, -0.25) is 9.20 Å². The first-order valence-corrected chi connectivity index (χ1v) is 10.2. The van der Waals surface area contributed by atoms with Gasteiger partial charge in [0.15, 0.2) is 5.89 Å². The molecule has 0 spiro atoms. The van der Waals surface area contributed by atoms with Gasteiger partial charge in [-0.05, 0) is 32.0 Å². The number of fused-ring (bicyclic) bond motifs is 1. The van der Waals surface area contributed by atoms with E-state index in [4.69, 9.17) is 9.15 Å². The molecule has 1 aromatic carbocycles. The maximum Gasteiger partial charge on any atom is 0.293 e. The van der Waals surface area contributed by atoms with Crippen molar-refractivity contribution in [3.63, 3.8) is 0 Å². The van der Waals surface area contributed by atoms with Gasteiger partial charge in [0.05, 0.1) is 29.3 Å². The number of ether oxygens (including phenoxy) is 1. The first-order valence-electron chi connectivity index (χ1n) is 10.2. The fraction of sp³-hybridized carbons (Fsp3) is 0.227. The summed E-state index contributed by atoms with van der Waals surface area (Å²) < 4.78 is 27.1. The number of carbonyl (C=O) groups excluding carboxylic acids is 1. The number of aromatic nitrogens is 4. The molecule has 3 aromatic heterocycles. The second kappa shape index (κ2) is 8.01. The van der Waals surface area contributed by atoms with Gasteiger partial charge in [0, 0.05) is 30.6 Å². The monoisotopic (exact) mass is 449 g/mol. The molecule has 0 aliphatic carbocycles. The number of imidazole rings is 1. The third-order valence-electron chi connectivity index (χ3n) is 4.97. The van der Waals surface area contributed by atoms with Crippen LogP contribution in [0, 0.1) is 19.7 Å². The molecule has 33 heavy (non-hydrogen) atoms. The minimum Gasteiger partial charge on any atom is -0.463 e. The zero-order chi connectivity index (χ0) is 23.1. The highest BCUT2D eigenvalue weighted by atomic mass is 19.1. The Morgan fingerprint density at radius 1 is 1.21 bits per heavy atom. The quantitative estimate of drug-likeness (QED) is 0.489. The van der Waals surface area contributed by atoms with Gasteiger partial charge in [0.2, 0.25) is 11.5 Å². The molecule has 168 valence electrons. The van der Waals surface area contributed by atoms with Gasteiger partial charge in [0.1, 0.15) is 12.4 Å². The number of hydrogen-bond donors (Lipinski definition) is 2. The van der Waals surface area contributed by atoms with Crippen molar-refractivity contribution in [1.82, 2.24) is 19.4 Å². The van der Waals surface area contributed by atoms with E-state index in [9.17, 15) is 9.18 Å². The average Bonchev–Trinajstić information content (AvgIpc) is 3.47. The third kappa shape index (κ3) is 4.12. The number of aliphatic imine (C=N–C) groups is 1. The largest absolute Gasteiger partial charge is 0.463 e. The number of oxazole rings is 1. The minimum absolute atomic E-state index is 0.0942. The molecule has 4 heterocycles. The lowest BCUT2D eigenvalue weighted by Crippen LogP contribution is -2.12. The molecular weight excluding hydrogens is 429 g/mol. The van der Waals surface area contributed by atoms with Crippen molar-refractivity contribution in [3.05, 3.63) is 60.0 Å². The molecule has 0 saturated carbocycles. The topological polar surface area (TPSA) is 119 Å². The summed E-state index contributed by atoms with van der Waals surface area (Å²) in [5.41, 5.74) is 2.10. The van der Waals surface area contributed by atoms with Gasteiger partial charge in [-0.15, -0.1) is 0 Å². The van der Waals surface area contributed by atoms with Crippen molar-refractivity contribution in [3.8, 4) is 11.3 Å². The van der Waals surface area contributed by atoms with Crippen molar-refractivity contribution in [2.75, 3.05) is 17.2 Å². The first kappa shape index (κ1) is 20.6. The van der Waals surface area contributed by atoms with E-state index in [1.165, 1.54) is 18.2 Å². The first-order chi connectivity index (χ1) is 15.9. The molecule has 1 unspecified atom stereocenters. The molecule has 1 atom stereocenters. The number of rotatable bonds is 4. The number of amides is 1. The van der Waals surface area contributed by atoms with Gasteiger partial charge in [-0.2, -0.15) is 0 Å². The minimum atomic E-state index is -0.482. The molecule has 0 bridgehead atoms. The van der Waals surface area contributed by atoms with Gasteiger partial charge in [-0.25, -0.2) is 24.3 Å². The van der Waals surface area contributed by atoms with Crippen molar-refractivity contribution < 1.29 is 18.3 Å². The standard InChI is InChI=1S/C22H20FN7O3/c1-11-10-32-22(25-11)28-15-7-24-21-29-18(9-30(21)8-15)16-6-14(4-5-17(16)23)27-20(31)19-12(2)26-13(3)33-19/h4-9,11H,10H2,1-3H3,(H,25,28)(H,27,31). The average molecular weight is 449 g/mol. The number of anilines is 2. The van der Waals surface area contributed by atoms with E-state index < -0.39 is 11.7 Å². The van der Waals surface area contributed by atoms with Crippen LogP contribution in [0.1, 0.15) is 29.1 Å². The van der Waals surface area contributed by atoms with Gasteiger partial charge < -0.3 is 19.8 Å². The predicted octanol–water partition coefficient (Wildman–Crippen LogP) is 3.58. The molecule has 2 N–H and O–H groups in total. The summed E-state index contributed by atoms with van der Waals surface area (Å²) >= 11 is 0. The Kier molecular flexibility index (Phi) is 5.00. The lowest BCUT2D eigenvalue weighted by molar-refractivity contribution is 0.0994. The van der Waals surface area contributed by atoms with Crippen LogP contribution in [0.2, 0.25) is 0 Å². The van der Waals surface area contributed by atoms with E-state index >= 15 is 0 Å². The Balaban J connectivity index is 1.41. The van der Waals surface area contributed by atoms with Crippen LogP contribution >= 0.6 is 0 Å². The fourth-order valence-electron chi connectivity index (χ4n) is 3.47. The Bertz CT molecular complexity index is 1410. The molecule has 11 heteroatoms. The fourth-order valence-corrected chi connectivity index (χ4v) is 3.47. The maximum absolute atomic E-state index is 14.6. The van der Waals surface area contributed by atoms with E-state index in [0.717, 1.165) is 0 Å². The summed E-state index contributed by atoms with van der Waals surface area (Å²) in [7, 11) is 0. The van der Waals surface area contributed by atoms with Crippen molar-refractivity contribution in [2.45, 2.75) is 26.8 Å². The number of amidine groups is 1. The van der Waals surface area contributed by atoms with Crippen LogP contribution in [0.3, 0.4) is 0 Å². The molecule has 4 aromatic rings. The van der Waals surface area contributed by atoms with Crippen LogP contribution in [0.5, 0.6) is 0 Å². The van der Waals surface area contributed by atoms with Crippen LogP contribution in [-0.2, 0) is 4.74 Å². The SMILES string of the molecule is Cc1nc(C)c(C(=O)Nc2ccc(F)c(-c3cn4cc(NC5=NC(C)CO5)cnc4n3)c2)o1. The molecule has 1 aliphatic heterocycles. The highest BCUT2D eigenvalue weighted by Crippen LogP contribution is 2.26. The molecule has 0 saturated heterocycles. The molecule has 10 nitrogen and oxygen atoms in total. The number of benzene rings is 1. The van der Waals surface area contributed by atoms with Gasteiger partial charge >= 0.3 is 0 Å². The summed E-state index contributed by atoms with van der Waals surface area (Å²) in [4.78, 5) is 29.7. The number of aryl methyl sites for hydroxylation is 2. The molecule has 0 radical (unpaired) electrons. The molecule has 1 aliphatic rings. The predicted molar refractivity (Wildman–Crippen MR) is 119 cm³/mol. The summed E-state index contributed by atoms with van der Waals surface area (Å²) in [6.07, 6.45) is 5.00. The highest BCUT2D eigenvalue weighted by molar-refractivity contribution is 6.03. The Morgan fingerprint density at radius 2 is 2.06 bits per heavy atom. The molecular formula is C22H20FN7O3. The number of nitrogens with one attached hydrogen (secondary N) is 2. The van der Waals surface area contributed by atoms with E-state index in [0.29, 0.717) is 47.1 Å². The van der Waals surface area contributed by atoms with Crippen molar-refractivity contribution in [1.29, 1.82) is 0 Å². The van der Waals surface area contributed by atoms with Gasteiger partial charge in [-0.1, -0.05) is 0 Å². The molecule has 5 rings (SSSR count). The van der Waals surface area contributed by atoms with Crippen LogP contribution in [0.15, 0.2) is 46.2 Å². The van der Waals surface area contributed by atoms with Gasteiger partial charge in [0.25, 0.3) is 11.9 Å².